The zero-order valence-corrected chi connectivity index (χ0v) is 13.1. The molecule has 0 amide bonds. The van der Waals surface area contributed by atoms with Crippen LogP contribution in [0.3, 0.4) is 0 Å². The van der Waals surface area contributed by atoms with E-state index in [9.17, 15) is 0 Å². The average molecular weight is 277 g/mol. The van der Waals surface area contributed by atoms with Crippen molar-refractivity contribution in [2.45, 2.75) is 58.8 Å². The predicted molar refractivity (Wildman–Crippen MR) is 83.1 cm³/mol. The first-order chi connectivity index (χ1) is 9.60. The lowest BCUT2D eigenvalue weighted by atomic mass is 10.1. The van der Waals surface area contributed by atoms with Crippen molar-refractivity contribution in [3.63, 3.8) is 0 Å². The van der Waals surface area contributed by atoms with Gasteiger partial charge in [-0.05, 0) is 25.5 Å². The molecular formula is C16H27N3O. The van der Waals surface area contributed by atoms with Crippen LogP contribution in [0.25, 0.3) is 0 Å². The first-order valence-electron chi connectivity index (χ1n) is 7.67. The minimum atomic E-state index is 0.275. The van der Waals surface area contributed by atoms with Crippen molar-refractivity contribution in [2.75, 3.05) is 18.1 Å². The van der Waals surface area contributed by atoms with Crippen molar-refractivity contribution in [3.05, 3.63) is 23.9 Å². The second kappa shape index (κ2) is 7.04. The number of pyridine rings is 1. The minimum absolute atomic E-state index is 0.275. The largest absolute Gasteiger partial charge is 0.375 e. The van der Waals surface area contributed by atoms with Gasteiger partial charge in [-0.15, -0.1) is 0 Å². The number of aromatic nitrogens is 1. The second-order valence-electron chi connectivity index (χ2n) is 5.88. The Morgan fingerprint density at radius 1 is 1.45 bits per heavy atom. The highest BCUT2D eigenvalue weighted by Crippen LogP contribution is 2.21. The summed E-state index contributed by atoms with van der Waals surface area (Å²) in [5.74, 6) is 1.08. The summed E-state index contributed by atoms with van der Waals surface area (Å²) in [4.78, 5) is 7.20. The normalized spacial score (nSPS) is 23.4. The molecule has 2 rings (SSSR count). The number of rotatable bonds is 5. The van der Waals surface area contributed by atoms with Gasteiger partial charge >= 0.3 is 0 Å². The van der Waals surface area contributed by atoms with E-state index in [0.717, 1.165) is 37.6 Å². The maximum Gasteiger partial charge on any atom is 0.129 e. The van der Waals surface area contributed by atoms with Crippen LogP contribution in [-0.2, 0) is 11.3 Å². The SMILES string of the molecule is CCC1COC(C)CN1c1cccc(CNC(C)C)n1. The van der Waals surface area contributed by atoms with Gasteiger partial charge in [0, 0.05) is 19.1 Å². The first-order valence-corrected chi connectivity index (χ1v) is 7.67. The van der Waals surface area contributed by atoms with Crippen molar-refractivity contribution in [2.24, 2.45) is 0 Å². The average Bonchev–Trinajstić information content (AvgIpc) is 2.45. The zero-order valence-electron chi connectivity index (χ0n) is 13.1. The molecule has 0 aliphatic carbocycles. The fourth-order valence-corrected chi connectivity index (χ4v) is 2.50. The quantitative estimate of drug-likeness (QED) is 0.897. The van der Waals surface area contributed by atoms with Gasteiger partial charge in [-0.1, -0.05) is 26.8 Å². The zero-order chi connectivity index (χ0) is 14.5. The third kappa shape index (κ3) is 3.93. The highest BCUT2D eigenvalue weighted by Gasteiger charge is 2.26. The van der Waals surface area contributed by atoms with E-state index < -0.39 is 0 Å². The summed E-state index contributed by atoms with van der Waals surface area (Å²) in [6.45, 7) is 11.2. The Morgan fingerprint density at radius 3 is 2.95 bits per heavy atom. The van der Waals surface area contributed by atoms with Gasteiger partial charge in [-0.3, -0.25) is 0 Å². The topological polar surface area (TPSA) is 37.4 Å². The molecule has 0 aromatic carbocycles. The van der Waals surface area contributed by atoms with E-state index >= 15 is 0 Å². The fourth-order valence-electron chi connectivity index (χ4n) is 2.50. The summed E-state index contributed by atoms with van der Waals surface area (Å²) in [5, 5.41) is 3.42. The van der Waals surface area contributed by atoms with Gasteiger partial charge in [-0.25, -0.2) is 4.98 Å². The summed E-state index contributed by atoms with van der Waals surface area (Å²) >= 11 is 0. The van der Waals surface area contributed by atoms with Crippen molar-refractivity contribution in [1.82, 2.24) is 10.3 Å². The molecule has 2 heterocycles. The van der Waals surface area contributed by atoms with E-state index in [0.29, 0.717) is 12.1 Å². The molecule has 1 aliphatic heterocycles. The number of hydrogen-bond donors (Lipinski definition) is 1. The third-order valence-corrected chi connectivity index (χ3v) is 3.72. The van der Waals surface area contributed by atoms with Crippen LogP contribution in [0.5, 0.6) is 0 Å². The van der Waals surface area contributed by atoms with Crippen LogP contribution in [0.2, 0.25) is 0 Å². The summed E-state index contributed by atoms with van der Waals surface area (Å²) in [5.41, 5.74) is 1.10. The third-order valence-electron chi connectivity index (χ3n) is 3.72. The van der Waals surface area contributed by atoms with Crippen LogP contribution < -0.4 is 10.2 Å². The van der Waals surface area contributed by atoms with Gasteiger partial charge in [0.25, 0.3) is 0 Å². The van der Waals surface area contributed by atoms with Gasteiger partial charge < -0.3 is 15.0 Å². The van der Waals surface area contributed by atoms with E-state index in [2.05, 4.69) is 56.1 Å². The van der Waals surface area contributed by atoms with Crippen LogP contribution in [0.1, 0.15) is 39.8 Å². The Bertz CT molecular complexity index is 422. The molecule has 2 unspecified atom stereocenters. The summed E-state index contributed by atoms with van der Waals surface area (Å²) in [7, 11) is 0. The molecule has 2 atom stereocenters. The number of hydrogen-bond acceptors (Lipinski definition) is 4. The smallest absolute Gasteiger partial charge is 0.129 e. The molecule has 112 valence electrons. The van der Waals surface area contributed by atoms with E-state index in [1.807, 2.05) is 0 Å². The number of anilines is 1. The highest BCUT2D eigenvalue weighted by atomic mass is 16.5. The molecule has 0 radical (unpaired) electrons. The molecule has 1 aromatic rings. The highest BCUT2D eigenvalue weighted by molar-refractivity contribution is 5.41. The Hall–Kier alpha value is -1.13. The summed E-state index contributed by atoms with van der Waals surface area (Å²) in [6.07, 6.45) is 1.36. The number of morpholine rings is 1. The van der Waals surface area contributed by atoms with Crippen LogP contribution in [0.15, 0.2) is 18.2 Å². The number of ether oxygens (including phenoxy) is 1. The van der Waals surface area contributed by atoms with E-state index in [1.165, 1.54) is 0 Å². The van der Waals surface area contributed by atoms with Gasteiger partial charge in [0.15, 0.2) is 0 Å². The van der Waals surface area contributed by atoms with Crippen LogP contribution in [0.4, 0.5) is 5.82 Å². The van der Waals surface area contributed by atoms with Gasteiger partial charge in [0.05, 0.1) is 24.4 Å². The molecule has 1 aliphatic rings. The Kier molecular flexibility index (Phi) is 5.38. The van der Waals surface area contributed by atoms with Crippen molar-refractivity contribution < 1.29 is 4.74 Å². The summed E-state index contributed by atoms with van der Waals surface area (Å²) < 4.78 is 5.76. The van der Waals surface area contributed by atoms with Crippen molar-refractivity contribution in [1.29, 1.82) is 0 Å². The molecule has 0 bridgehead atoms. The van der Waals surface area contributed by atoms with Gasteiger partial charge in [-0.2, -0.15) is 0 Å². The van der Waals surface area contributed by atoms with Crippen LogP contribution >= 0.6 is 0 Å². The van der Waals surface area contributed by atoms with E-state index in [4.69, 9.17) is 9.72 Å². The Balaban J connectivity index is 2.11. The lowest BCUT2D eigenvalue weighted by Gasteiger charge is -2.39. The maximum absolute atomic E-state index is 5.76. The second-order valence-corrected chi connectivity index (χ2v) is 5.88. The Labute approximate surface area is 122 Å². The van der Waals surface area contributed by atoms with Crippen LogP contribution in [0, 0.1) is 0 Å². The van der Waals surface area contributed by atoms with Crippen LogP contribution in [-0.4, -0.2) is 36.3 Å². The molecule has 1 N–H and O–H groups in total. The van der Waals surface area contributed by atoms with Gasteiger partial charge in [0.1, 0.15) is 5.82 Å². The molecule has 4 heteroatoms. The number of nitrogens with one attached hydrogen (secondary N) is 1. The minimum Gasteiger partial charge on any atom is -0.375 e. The molecule has 0 saturated carbocycles. The first kappa shape index (κ1) is 15.3. The number of nitrogens with zero attached hydrogens (tertiary/aromatic N) is 2. The molecule has 1 fully saturated rings. The lowest BCUT2D eigenvalue weighted by molar-refractivity contribution is 0.0296. The van der Waals surface area contributed by atoms with Gasteiger partial charge in [0.2, 0.25) is 0 Å². The molecule has 20 heavy (non-hydrogen) atoms. The standard InChI is InChI=1S/C16H27N3O/c1-5-15-11-20-13(4)10-19(15)16-8-6-7-14(18-16)9-17-12(2)3/h6-8,12-13,15,17H,5,9-11H2,1-4H3. The summed E-state index contributed by atoms with van der Waals surface area (Å²) in [6, 6.07) is 7.22. The molecule has 0 spiro atoms. The lowest BCUT2D eigenvalue weighted by Crippen LogP contribution is -2.49. The van der Waals surface area contributed by atoms with Crippen molar-refractivity contribution in [3.8, 4) is 0 Å². The van der Waals surface area contributed by atoms with E-state index in [-0.39, 0.29) is 6.10 Å². The van der Waals surface area contributed by atoms with E-state index in [1.54, 1.807) is 0 Å². The monoisotopic (exact) mass is 277 g/mol. The molecule has 1 aromatic heterocycles. The molecule has 4 nitrogen and oxygen atoms in total. The predicted octanol–water partition coefficient (Wildman–Crippen LogP) is 2.58. The fraction of sp³-hybridized carbons (Fsp3) is 0.688. The maximum atomic E-state index is 5.76. The van der Waals surface area contributed by atoms with Crippen molar-refractivity contribution >= 4 is 5.82 Å². The molecule has 1 saturated heterocycles. The molecular weight excluding hydrogens is 250 g/mol. The Morgan fingerprint density at radius 2 is 2.25 bits per heavy atom.